The fourth-order valence-corrected chi connectivity index (χ4v) is 4.63. The number of thiazole rings is 1. The van der Waals surface area contributed by atoms with Gasteiger partial charge in [0.15, 0.2) is 5.13 Å². The normalized spacial score (nSPS) is 10.7. The number of carbonyl (C=O) groups is 1. The predicted molar refractivity (Wildman–Crippen MR) is 161 cm³/mol. The molecule has 1 N–H and O–H groups in total. The maximum atomic E-state index is 13.8. The summed E-state index contributed by atoms with van der Waals surface area (Å²) in [6.07, 6.45) is 1.62. The van der Waals surface area contributed by atoms with Crippen LogP contribution in [0.25, 0.3) is 0 Å². The van der Waals surface area contributed by atoms with Crippen molar-refractivity contribution in [3.8, 4) is 5.75 Å². The Morgan fingerprint density at radius 1 is 1.00 bits per heavy atom. The molecule has 0 atom stereocenters. The zero-order chi connectivity index (χ0) is 28.5. The number of hydrogen-bond acceptors (Lipinski definition) is 7. The zero-order valence-electron chi connectivity index (χ0n) is 24.1. The van der Waals surface area contributed by atoms with Crippen LogP contribution in [-0.4, -0.2) is 28.0 Å². The molecule has 0 aliphatic heterocycles. The topological polar surface area (TPSA) is 80.2 Å². The summed E-state index contributed by atoms with van der Waals surface area (Å²) < 4.78 is 5.29. The molecule has 2 aromatic heterocycles. The van der Waals surface area contributed by atoms with Crippen LogP contribution in [0.15, 0.2) is 60.8 Å². The van der Waals surface area contributed by atoms with Crippen molar-refractivity contribution in [1.29, 1.82) is 0 Å². The van der Waals surface area contributed by atoms with E-state index in [4.69, 9.17) is 4.74 Å². The number of carbonyl (C=O) groups excluding carboxylic acids is 1. The number of benzene rings is 2. The Bertz CT molecular complexity index is 1340. The summed E-state index contributed by atoms with van der Waals surface area (Å²) in [6.45, 7) is 15.0. The Balaban J connectivity index is 0.000000983. The van der Waals surface area contributed by atoms with Gasteiger partial charge in [0.2, 0.25) is 0 Å². The maximum Gasteiger partial charge on any atom is 0.270 e. The van der Waals surface area contributed by atoms with Crippen LogP contribution in [0, 0.1) is 19.8 Å². The van der Waals surface area contributed by atoms with E-state index in [-0.39, 0.29) is 11.8 Å². The summed E-state index contributed by atoms with van der Waals surface area (Å²) in [4.78, 5) is 29.4. The number of hydrogen-bond donors (Lipinski definition) is 1. The number of methoxy groups -OCH3 is 1. The maximum absolute atomic E-state index is 13.8. The van der Waals surface area contributed by atoms with Gasteiger partial charge in [-0.2, -0.15) is 0 Å². The summed E-state index contributed by atoms with van der Waals surface area (Å²) in [6, 6.07) is 17.7. The monoisotopic (exact) mass is 545 g/mol. The van der Waals surface area contributed by atoms with Crippen molar-refractivity contribution in [2.75, 3.05) is 17.3 Å². The molecular weight excluding hydrogens is 506 g/mol. The van der Waals surface area contributed by atoms with E-state index < -0.39 is 0 Å². The van der Waals surface area contributed by atoms with Crippen LogP contribution in [0.5, 0.6) is 5.75 Å². The number of amides is 1. The summed E-state index contributed by atoms with van der Waals surface area (Å²) in [5, 5.41) is 3.81. The van der Waals surface area contributed by atoms with Crippen LogP contribution in [0.3, 0.4) is 0 Å². The number of ether oxygens (including phenoxy) is 1. The molecule has 4 rings (SSSR count). The second-order valence-electron chi connectivity index (χ2n) is 10.3. The van der Waals surface area contributed by atoms with Gasteiger partial charge in [-0.1, -0.05) is 76.3 Å². The van der Waals surface area contributed by atoms with Gasteiger partial charge >= 0.3 is 0 Å². The summed E-state index contributed by atoms with van der Waals surface area (Å²) in [7, 11) is 1.64. The van der Waals surface area contributed by atoms with E-state index in [2.05, 4.69) is 61.0 Å². The second kappa shape index (κ2) is 13.8. The average Bonchev–Trinajstić information content (AvgIpc) is 3.34. The summed E-state index contributed by atoms with van der Waals surface area (Å²) >= 11 is 1.31. The highest BCUT2D eigenvalue weighted by molar-refractivity contribution is 7.17. The lowest BCUT2D eigenvalue weighted by Crippen LogP contribution is -2.30. The quantitative estimate of drug-likeness (QED) is 0.242. The first-order chi connectivity index (χ1) is 18.6. The Hall–Kier alpha value is -3.78. The van der Waals surface area contributed by atoms with E-state index in [9.17, 15) is 4.79 Å². The molecule has 0 spiro atoms. The minimum Gasteiger partial charge on any atom is -0.497 e. The number of anilines is 3. The third-order valence-corrected chi connectivity index (χ3v) is 6.41. The van der Waals surface area contributed by atoms with Crippen molar-refractivity contribution in [1.82, 2.24) is 15.0 Å². The van der Waals surface area contributed by atoms with Crippen LogP contribution >= 0.6 is 11.3 Å². The molecule has 206 valence electrons. The minimum atomic E-state index is -0.102. The smallest absolute Gasteiger partial charge is 0.270 e. The lowest BCUT2D eigenvalue weighted by Gasteiger charge is -2.26. The van der Waals surface area contributed by atoms with E-state index in [0.717, 1.165) is 34.2 Å². The number of nitrogens with one attached hydrogen (secondary N) is 1. The molecule has 0 saturated carbocycles. The van der Waals surface area contributed by atoms with Gasteiger partial charge in [-0.05, 0) is 55.0 Å². The molecule has 0 aliphatic carbocycles. The highest BCUT2D eigenvalue weighted by Gasteiger charge is 2.24. The molecule has 39 heavy (non-hydrogen) atoms. The van der Waals surface area contributed by atoms with E-state index >= 15 is 0 Å². The first-order valence-corrected chi connectivity index (χ1v) is 14.0. The highest BCUT2D eigenvalue weighted by Crippen LogP contribution is 2.32. The number of nitrogens with zero attached hydrogens (tertiary/aromatic N) is 4. The minimum absolute atomic E-state index is 0.102. The van der Waals surface area contributed by atoms with E-state index in [1.807, 2.05) is 67.3 Å². The molecule has 2 aromatic carbocycles. The Morgan fingerprint density at radius 3 is 2.28 bits per heavy atom. The third-order valence-electron chi connectivity index (χ3n) is 5.51. The lowest BCUT2D eigenvalue weighted by atomic mass is 10.00. The average molecular weight is 546 g/mol. The van der Waals surface area contributed by atoms with E-state index in [1.165, 1.54) is 11.3 Å². The van der Waals surface area contributed by atoms with E-state index in [0.29, 0.717) is 28.2 Å². The molecule has 0 fully saturated rings. The van der Waals surface area contributed by atoms with Gasteiger partial charge in [-0.3, -0.25) is 4.79 Å². The molecular formula is C31H39N5O2S. The Labute approximate surface area is 236 Å². The fourth-order valence-electron chi connectivity index (χ4n) is 3.86. The van der Waals surface area contributed by atoms with Crippen LogP contribution in [-0.2, 0) is 6.54 Å². The van der Waals surface area contributed by atoms with Crippen LogP contribution < -0.4 is 15.0 Å². The van der Waals surface area contributed by atoms with Crippen LogP contribution in [0.1, 0.15) is 72.9 Å². The van der Waals surface area contributed by atoms with Crippen molar-refractivity contribution in [3.05, 3.63) is 88.3 Å². The number of aryl methyl sites for hydroxylation is 2. The number of aromatic nitrogens is 3. The number of rotatable bonds is 8. The molecule has 7 nitrogen and oxygen atoms in total. The highest BCUT2D eigenvalue weighted by atomic mass is 32.1. The molecule has 2 heterocycles. The molecule has 4 aromatic rings. The fraction of sp³-hybridized carbons (Fsp3) is 0.355. The van der Waals surface area contributed by atoms with Crippen molar-refractivity contribution >= 4 is 33.9 Å². The largest absolute Gasteiger partial charge is 0.497 e. The van der Waals surface area contributed by atoms with Gasteiger partial charge < -0.3 is 15.0 Å². The van der Waals surface area contributed by atoms with Gasteiger partial charge in [-0.15, -0.1) is 0 Å². The van der Waals surface area contributed by atoms with E-state index in [1.54, 1.807) is 13.3 Å². The van der Waals surface area contributed by atoms with Gasteiger partial charge in [0, 0.05) is 17.4 Å². The Morgan fingerprint density at radius 2 is 1.67 bits per heavy atom. The predicted octanol–water partition coefficient (Wildman–Crippen LogP) is 7.93. The SMILES string of the molecule is CC(C)C.COc1ccc(CN(C(=O)c2cnc(Nc3cc(C)nc(C)n3)s2)c2ccccc2C(C)C)cc1. The van der Waals surface area contributed by atoms with Crippen molar-refractivity contribution < 1.29 is 9.53 Å². The molecule has 0 saturated heterocycles. The van der Waals surface area contributed by atoms with Gasteiger partial charge in [0.05, 0.1) is 19.9 Å². The first-order valence-electron chi connectivity index (χ1n) is 13.2. The van der Waals surface area contributed by atoms with Crippen LogP contribution in [0.4, 0.5) is 16.6 Å². The molecule has 0 bridgehead atoms. The zero-order valence-corrected chi connectivity index (χ0v) is 25.0. The van der Waals surface area contributed by atoms with Crippen LogP contribution in [0.2, 0.25) is 0 Å². The van der Waals surface area contributed by atoms with Gasteiger partial charge in [0.25, 0.3) is 5.91 Å². The molecule has 0 unspecified atom stereocenters. The first kappa shape index (κ1) is 29.8. The van der Waals surface area contributed by atoms with Crippen molar-refractivity contribution in [2.24, 2.45) is 5.92 Å². The molecule has 0 radical (unpaired) electrons. The summed E-state index contributed by atoms with van der Waals surface area (Å²) in [5.74, 6) is 3.11. The molecule has 8 heteroatoms. The molecule has 0 aliphatic rings. The Kier molecular flexibility index (Phi) is 10.6. The van der Waals surface area contributed by atoms with Gasteiger partial charge in [-0.25, -0.2) is 15.0 Å². The number of para-hydroxylation sites is 1. The second-order valence-corrected chi connectivity index (χ2v) is 11.3. The van der Waals surface area contributed by atoms with Crippen molar-refractivity contribution in [2.45, 2.75) is 60.9 Å². The standard InChI is InChI=1S/C27H29N5O2S.C4H10/c1-17(2)22-8-6-7-9-23(22)32(16-20-10-12-21(34-5)13-11-20)26(33)24-15-28-27(35-24)31-25-14-18(3)29-19(4)30-25;1-4(2)3/h6-15,17H,16H2,1-5H3,(H,28,29,30,31);4H,1-3H3. The van der Waals surface area contributed by atoms with Gasteiger partial charge in [0.1, 0.15) is 22.3 Å². The lowest BCUT2D eigenvalue weighted by molar-refractivity contribution is 0.0988. The van der Waals surface area contributed by atoms with Crippen molar-refractivity contribution in [3.63, 3.8) is 0 Å². The third kappa shape index (κ3) is 8.61. The summed E-state index contributed by atoms with van der Waals surface area (Å²) in [5.41, 5.74) is 3.88. The molecule has 1 amide bonds.